The predicted molar refractivity (Wildman–Crippen MR) is 172 cm³/mol. The second-order valence-corrected chi connectivity index (χ2v) is 17.4. The van der Waals surface area contributed by atoms with Crippen molar-refractivity contribution in [1.29, 1.82) is 0 Å². The molecular formula is C36H61NO8. The number of rotatable bonds is 6. The Hall–Kier alpha value is -1.68. The van der Waals surface area contributed by atoms with Crippen molar-refractivity contribution in [3.05, 3.63) is 11.1 Å². The molecular weight excluding hydrogens is 574 g/mol. The molecule has 3 aliphatic carbocycles. The van der Waals surface area contributed by atoms with Crippen molar-refractivity contribution in [2.24, 2.45) is 45.8 Å². The standard InChI is InChI=1S/C36H61NO8/c1-18(2)14-23(37-31(41)45-32(7,8)9)20(4)30(40)44-24-16-36(42)22(6)28-34(12)17-43-25(34)15-19(3)35(28,13)29(39)27(38)26(21(24)5)33(36,10)11/h18-20,22-25,27-29,38-39,42H,14-17H2,1-13H3,(H,37,41)/t19-,20?,22-,23-,24-,25+,27-,28+,29-,34+,35+,36+/m0/s1. The van der Waals surface area contributed by atoms with Gasteiger partial charge in [-0.25, -0.2) is 4.79 Å². The van der Waals surface area contributed by atoms with Crippen LogP contribution >= 0.6 is 0 Å². The lowest BCUT2D eigenvalue weighted by atomic mass is 9.39. The van der Waals surface area contributed by atoms with Crippen LogP contribution in [0.25, 0.3) is 0 Å². The second kappa shape index (κ2) is 11.8. The van der Waals surface area contributed by atoms with Gasteiger partial charge in [-0.3, -0.25) is 4.79 Å². The average Bonchev–Trinajstić information content (AvgIpc) is 2.89. The van der Waals surface area contributed by atoms with Gasteiger partial charge < -0.3 is 34.8 Å². The number of alkyl carbamates (subject to hydrolysis) is 1. The smallest absolute Gasteiger partial charge is 0.407 e. The van der Waals surface area contributed by atoms with Crippen LogP contribution in [0.15, 0.2) is 11.1 Å². The molecule has 3 fully saturated rings. The van der Waals surface area contributed by atoms with Crippen molar-refractivity contribution in [2.75, 3.05) is 6.61 Å². The van der Waals surface area contributed by atoms with Crippen LogP contribution in [0.5, 0.6) is 0 Å². The van der Waals surface area contributed by atoms with Crippen LogP contribution in [0.1, 0.15) is 109 Å². The van der Waals surface area contributed by atoms with E-state index in [1.165, 1.54) is 0 Å². The molecule has 9 nitrogen and oxygen atoms in total. The van der Waals surface area contributed by atoms with Crippen LogP contribution in [0.3, 0.4) is 0 Å². The van der Waals surface area contributed by atoms with Gasteiger partial charge in [-0.2, -0.15) is 0 Å². The van der Waals surface area contributed by atoms with Gasteiger partial charge >= 0.3 is 12.1 Å². The molecule has 1 heterocycles. The third-order valence-electron chi connectivity index (χ3n) is 12.6. The second-order valence-electron chi connectivity index (χ2n) is 17.4. The van der Waals surface area contributed by atoms with Gasteiger partial charge in [0.05, 0.1) is 30.3 Å². The summed E-state index contributed by atoms with van der Waals surface area (Å²) in [4.78, 5) is 26.5. The average molecular weight is 636 g/mol. The molecule has 2 saturated carbocycles. The summed E-state index contributed by atoms with van der Waals surface area (Å²) in [6, 6.07) is -0.528. The van der Waals surface area contributed by atoms with E-state index in [1.807, 2.05) is 34.6 Å². The fourth-order valence-corrected chi connectivity index (χ4v) is 9.89. The molecule has 9 heteroatoms. The number of ether oxygens (including phenoxy) is 3. The zero-order chi connectivity index (χ0) is 34.2. The molecule has 0 radical (unpaired) electrons. The lowest BCUT2D eigenvalue weighted by Crippen LogP contribution is -2.74. The molecule has 1 unspecified atom stereocenters. The maximum Gasteiger partial charge on any atom is 0.407 e. The van der Waals surface area contributed by atoms with Crippen LogP contribution in [0.2, 0.25) is 0 Å². The number of aliphatic hydroxyl groups excluding tert-OH is 2. The van der Waals surface area contributed by atoms with Crippen LogP contribution in [-0.4, -0.2) is 75.6 Å². The summed E-state index contributed by atoms with van der Waals surface area (Å²) in [5.74, 6) is -1.44. The van der Waals surface area contributed by atoms with Crippen LogP contribution in [-0.2, 0) is 19.0 Å². The number of carbonyl (C=O) groups is 2. The number of amides is 1. The van der Waals surface area contributed by atoms with E-state index >= 15 is 0 Å². The Morgan fingerprint density at radius 2 is 1.69 bits per heavy atom. The number of carbonyl (C=O) groups excluding carboxylic acids is 2. The van der Waals surface area contributed by atoms with Gasteiger partial charge in [0, 0.05) is 28.7 Å². The van der Waals surface area contributed by atoms with E-state index in [9.17, 15) is 24.9 Å². The SMILES string of the molecule is CC1=C2[C@H](O)[C@H](O)[C@@]3(C)[C@H]([C@H](C)[C@](O)(C[C@@H]1OC(=O)C(C)[C@H](CC(C)C)NC(=O)OC(C)(C)C)C2(C)C)[C@]1(C)CO[C@@H]1C[C@@H]3C. The largest absolute Gasteiger partial charge is 0.457 e. The highest BCUT2D eigenvalue weighted by molar-refractivity contribution is 5.75. The Balaban J connectivity index is 1.72. The predicted octanol–water partition coefficient (Wildman–Crippen LogP) is 5.39. The molecule has 1 aliphatic heterocycles. The molecule has 0 aromatic heterocycles. The number of aliphatic hydroxyl groups is 3. The van der Waals surface area contributed by atoms with Gasteiger partial charge in [-0.15, -0.1) is 0 Å². The van der Waals surface area contributed by atoms with Crippen molar-refractivity contribution < 1.29 is 39.1 Å². The van der Waals surface area contributed by atoms with E-state index in [1.54, 1.807) is 27.7 Å². The van der Waals surface area contributed by atoms with Crippen molar-refractivity contribution in [1.82, 2.24) is 5.32 Å². The fraction of sp³-hybridized carbons (Fsp3) is 0.889. The van der Waals surface area contributed by atoms with Crippen molar-refractivity contribution >= 4 is 12.1 Å². The highest BCUT2D eigenvalue weighted by atomic mass is 16.6. The topological polar surface area (TPSA) is 135 Å². The molecule has 4 rings (SSSR count). The van der Waals surface area contributed by atoms with Gasteiger partial charge in [-0.1, -0.05) is 55.4 Å². The first-order valence-corrected chi connectivity index (χ1v) is 17.0. The number of fused-ring (bicyclic) bond motifs is 5. The molecule has 4 N–H and O–H groups in total. The van der Waals surface area contributed by atoms with Gasteiger partial charge in [0.15, 0.2) is 0 Å². The molecule has 0 spiro atoms. The zero-order valence-corrected chi connectivity index (χ0v) is 30.0. The number of esters is 1. The van der Waals surface area contributed by atoms with Crippen molar-refractivity contribution in [3.8, 4) is 0 Å². The van der Waals surface area contributed by atoms with E-state index in [4.69, 9.17) is 14.2 Å². The third-order valence-corrected chi connectivity index (χ3v) is 12.6. The maximum absolute atomic E-state index is 13.8. The molecule has 4 aliphatic rings. The van der Waals surface area contributed by atoms with E-state index in [0.717, 1.165) is 6.42 Å². The summed E-state index contributed by atoms with van der Waals surface area (Å²) in [6.45, 7) is 25.9. The molecule has 1 amide bonds. The first-order valence-electron chi connectivity index (χ1n) is 17.0. The monoisotopic (exact) mass is 635 g/mol. The van der Waals surface area contributed by atoms with E-state index in [0.29, 0.717) is 24.2 Å². The van der Waals surface area contributed by atoms with Crippen LogP contribution < -0.4 is 5.32 Å². The molecule has 0 aromatic rings. The summed E-state index contributed by atoms with van der Waals surface area (Å²) in [7, 11) is 0. The first kappa shape index (κ1) is 36.2. The minimum Gasteiger partial charge on any atom is -0.457 e. The van der Waals surface area contributed by atoms with Gasteiger partial charge in [-0.05, 0) is 82.3 Å². The molecule has 0 aromatic carbocycles. The van der Waals surface area contributed by atoms with E-state index in [2.05, 4.69) is 33.0 Å². The summed E-state index contributed by atoms with van der Waals surface area (Å²) in [6.07, 6.45) is -2.24. The molecule has 45 heavy (non-hydrogen) atoms. The van der Waals surface area contributed by atoms with Crippen LogP contribution in [0.4, 0.5) is 4.79 Å². The quantitative estimate of drug-likeness (QED) is 0.226. The number of nitrogens with one attached hydrogen (secondary N) is 1. The Bertz CT molecular complexity index is 1190. The highest BCUT2D eigenvalue weighted by Crippen LogP contribution is 2.68. The van der Waals surface area contributed by atoms with Gasteiger partial charge in [0.1, 0.15) is 17.8 Å². The minimum absolute atomic E-state index is 0.0219. The highest BCUT2D eigenvalue weighted by Gasteiger charge is 2.72. The summed E-state index contributed by atoms with van der Waals surface area (Å²) in [5, 5.41) is 40.0. The van der Waals surface area contributed by atoms with E-state index in [-0.39, 0.29) is 41.6 Å². The number of hydrogen-bond acceptors (Lipinski definition) is 8. The fourth-order valence-electron chi connectivity index (χ4n) is 9.89. The normalized spacial score (nSPS) is 42.3. The first-order chi connectivity index (χ1) is 20.4. The Kier molecular flexibility index (Phi) is 9.47. The van der Waals surface area contributed by atoms with Crippen LogP contribution in [0, 0.1) is 45.8 Å². The Morgan fingerprint density at radius 1 is 1.09 bits per heavy atom. The Labute approximate surface area is 270 Å². The number of hydrogen-bond donors (Lipinski definition) is 4. The third kappa shape index (κ3) is 5.76. The van der Waals surface area contributed by atoms with Gasteiger partial charge in [0.2, 0.25) is 0 Å². The maximum atomic E-state index is 13.8. The summed E-state index contributed by atoms with van der Waals surface area (Å²) in [5.41, 5.74) is -2.73. The lowest BCUT2D eigenvalue weighted by molar-refractivity contribution is -0.318. The summed E-state index contributed by atoms with van der Waals surface area (Å²) >= 11 is 0. The lowest BCUT2D eigenvalue weighted by Gasteiger charge is -2.70. The molecule has 258 valence electrons. The minimum atomic E-state index is -1.37. The molecule has 12 atom stereocenters. The van der Waals surface area contributed by atoms with Crippen molar-refractivity contribution in [2.45, 2.75) is 151 Å². The zero-order valence-electron chi connectivity index (χ0n) is 30.0. The van der Waals surface area contributed by atoms with Gasteiger partial charge in [0.25, 0.3) is 0 Å². The molecule has 2 bridgehead atoms. The Morgan fingerprint density at radius 3 is 2.20 bits per heavy atom. The van der Waals surface area contributed by atoms with E-state index < -0.39 is 64.4 Å². The summed E-state index contributed by atoms with van der Waals surface area (Å²) < 4.78 is 17.8. The van der Waals surface area contributed by atoms with Crippen molar-refractivity contribution in [3.63, 3.8) is 0 Å². The molecule has 1 saturated heterocycles.